The van der Waals surface area contributed by atoms with Crippen LogP contribution in [0.5, 0.6) is 0 Å². The second kappa shape index (κ2) is 12.3. The number of fused-ring (bicyclic) bond motifs is 1. The summed E-state index contributed by atoms with van der Waals surface area (Å²) in [5.74, 6) is -0.223. The van der Waals surface area contributed by atoms with Crippen LogP contribution in [0.1, 0.15) is 41.5 Å². The van der Waals surface area contributed by atoms with Crippen LogP contribution >= 0.6 is 11.8 Å². The first-order valence-electron chi connectivity index (χ1n) is 11.6. The number of benzene rings is 3. The summed E-state index contributed by atoms with van der Waals surface area (Å²) < 4.78 is 26.2. The molecule has 2 amide bonds. The van der Waals surface area contributed by atoms with Crippen molar-refractivity contribution in [2.75, 3.05) is 12.3 Å². The number of amides is 2. The van der Waals surface area contributed by atoms with Crippen LogP contribution in [0.3, 0.4) is 0 Å². The van der Waals surface area contributed by atoms with Crippen LogP contribution in [0.15, 0.2) is 77.7 Å². The summed E-state index contributed by atoms with van der Waals surface area (Å²) >= 11 is 1.35. The molecule has 1 aromatic heterocycles. The van der Waals surface area contributed by atoms with Crippen LogP contribution < -0.4 is 10.6 Å². The molecule has 0 saturated heterocycles. The number of rotatable bonds is 11. The molecule has 0 fully saturated rings. The predicted octanol–water partition coefficient (Wildman–Crippen LogP) is 5.39. The summed E-state index contributed by atoms with van der Waals surface area (Å²) in [6.45, 7) is 0.502. The molecular weight excluding hydrogens is 482 g/mol. The maximum Gasteiger partial charge on any atom is 0.251 e. The van der Waals surface area contributed by atoms with Gasteiger partial charge in [-0.1, -0.05) is 12.1 Å². The molecule has 0 unspecified atom stereocenters. The minimum atomic E-state index is -0.404. The van der Waals surface area contributed by atoms with E-state index >= 15 is 0 Å². The van der Waals surface area contributed by atoms with Crippen molar-refractivity contribution in [3.05, 3.63) is 95.8 Å². The molecular formula is C27H26F2N4O2S. The first kappa shape index (κ1) is 25.4. The second-order valence-electron chi connectivity index (χ2n) is 8.26. The number of hydrogen-bond donors (Lipinski definition) is 3. The van der Waals surface area contributed by atoms with Crippen molar-refractivity contribution in [1.29, 1.82) is 0 Å². The van der Waals surface area contributed by atoms with E-state index in [2.05, 4.69) is 20.6 Å². The zero-order valence-corrected chi connectivity index (χ0v) is 20.3. The third kappa shape index (κ3) is 7.14. The maximum atomic E-state index is 13.2. The summed E-state index contributed by atoms with van der Waals surface area (Å²) in [5, 5.41) is 5.89. The topological polar surface area (TPSA) is 86.9 Å². The van der Waals surface area contributed by atoms with Gasteiger partial charge in [0.05, 0.1) is 22.8 Å². The number of para-hydroxylation sites is 2. The number of halogens is 2. The van der Waals surface area contributed by atoms with Gasteiger partial charge in [0.25, 0.3) is 5.91 Å². The third-order valence-electron chi connectivity index (χ3n) is 5.57. The lowest BCUT2D eigenvalue weighted by Crippen LogP contribution is -2.30. The largest absolute Gasteiger partial charge is 0.355 e. The molecule has 9 heteroatoms. The number of thioether (sulfide) groups is 1. The highest BCUT2D eigenvalue weighted by atomic mass is 32.2. The number of aromatic nitrogens is 2. The molecule has 36 heavy (non-hydrogen) atoms. The Hall–Kier alpha value is -3.72. The summed E-state index contributed by atoms with van der Waals surface area (Å²) in [6, 6.07) is 18.7. The lowest BCUT2D eigenvalue weighted by Gasteiger charge is -2.17. The molecule has 1 atom stereocenters. The highest BCUT2D eigenvalue weighted by Crippen LogP contribution is 2.21. The van der Waals surface area contributed by atoms with Crippen LogP contribution in [0, 0.1) is 11.6 Å². The monoisotopic (exact) mass is 508 g/mol. The van der Waals surface area contributed by atoms with E-state index in [4.69, 9.17) is 0 Å². The van der Waals surface area contributed by atoms with Gasteiger partial charge in [-0.15, -0.1) is 11.8 Å². The molecule has 0 spiro atoms. The molecule has 6 nitrogen and oxygen atoms in total. The van der Waals surface area contributed by atoms with E-state index < -0.39 is 5.82 Å². The Kier molecular flexibility index (Phi) is 8.67. The van der Waals surface area contributed by atoms with Gasteiger partial charge in [-0.3, -0.25) is 9.59 Å². The summed E-state index contributed by atoms with van der Waals surface area (Å²) in [4.78, 5) is 33.6. The second-order valence-corrected chi connectivity index (χ2v) is 9.31. The Morgan fingerprint density at radius 1 is 0.917 bits per heavy atom. The van der Waals surface area contributed by atoms with E-state index in [0.717, 1.165) is 28.8 Å². The molecule has 0 aliphatic carbocycles. The number of carbonyl (C=O) groups is 2. The van der Waals surface area contributed by atoms with Crippen LogP contribution in [0.2, 0.25) is 0 Å². The Morgan fingerprint density at radius 2 is 1.61 bits per heavy atom. The van der Waals surface area contributed by atoms with Gasteiger partial charge in [0.15, 0.2) is 0 Å². The minimum Gasteiger partial charge on any atom is -0.355 e. The average Bonchev–Trinajstić information content (AvgIpc) is 3.32. The average molecular weight is 509 g/mol. The molecule has 1 heterocycles. The first-order chi connectivity index (χ1) is 17.5. The Labute approximate surface area is 211 Å². The van der Waals surface area contributed by atoms with E-state index in [-0.39, 0.29) is 29.4 Å². The number of H-pyrrole nitrogens is 1. The Bertz CT molecular complexity index is 1280. The van der Waals surface area contributed by atoms with Crippen LogP contribution in [0.4, 0.5) is 8.78 Å². The van der Waals surface area contributed by atoms with Crippen molar-refractivity contribution in [3.8, 4) is 0 Å². The molecule has 0 saturated carbocycles. The molecule has 3 N–H and O–H groups in total. The smallest absolute Gasteiger partial charge is 0.251 e. The quantitative estimate of drug-likeness (QED) is 0.187. The number of imidazole rings is 1. The fourth-order valence-electron chi connectivity index (χ4n) is 3.69. The standard InChI is InChI=1S/C27H26F2N4O2S/c28-19-10-8-18(9-11-19)27(35)33-24(26-31-22-5-1-2-6-23(22)32-26)7-3-4-16-30-25(34)17-36-21-14-12-20(29)13-15-21/h1-2,5-6,8-15,24H,3-4,7,16-17H2,(H,30,34)(H,31,32)(H,33,35)/t24-/m1/s1. The lowest BCUT2D eigenvalue weighted by molar-refractivity contribution is -0.118. The molecule has 4 aromatic rings. The van der Waals surface area contributed by atoms with Crippen LogP contribution in [-0.2, 0) is 4.79 Å². The minimum absolute atomic E-state index is 0.0947. The first-order valence-corrected chi connectivity index (χ1v) is 12.6. The fourth-order valence-corrected chi connectivity index (χ4v) is 4.42. The molecule has 3 aromatic carbocycles. The van der Waals surface area contributed by atoms with E-state index in [1.165, 1.54) is 48.2 Å². The van der Waals surface area contributed by atoms with Crippen molar-refractivity contribution >= 4 is 34.6 Å². The van der Waals surface area contributed by atoms with Gasteiger partial charge in [0.2, 0.25) is 5.91 Å². The molecule has 4 rings (SSSR count). The zero-order valence-electron chi connectivity index (χ0n) is 19.5. The highest BCUT2D eigenvalue weighted by Gasteiger charge is 2.19. The van der Waals surface area contributed by atoms with E-state index in [9.17, 15) is 18.4 Å². The molecule has 0 aliphatic heterocycles. The number of hydrogen-bond acceptors (Lipinski definition) is 4. The number of nitrogens with zero attached hydrogens (tertiary/aromatic N) is 1. The van der Waals surface area contributed by atoms with Crippen molar-refractivity contribution < 1.29 is 18.4 Å². The van der Waals surface area contributed by atoms with Gasteiger partial charge in [-0.05, 0) is 79.9 Å². The summed E-state index contributed by atoms with van der Waals surface area (Å²) in [7, 11) is 0. The van der Waals surface area contributed by atoms with Crippen molar-refractivity contribution in [2.45, 2.75) is 30.2 Å². The number of carbonyl (C=O) groups excluding carboxylic acids is 2. The van der Waals surface area contributed by atoms with Crippen molar-refractivity contribution in [2.24, 2.45) is 0 Å². The van der Waals surface area contributed by atoms with Gasteiger partial charge in [0, 0.05) is 17.0 Å². The Morgan fingerprint density at radius 3 is 2.33 bits per heavy atom. The summed E-state index contributed by atoms with van der Waals surface area (Å²) in [6.07, 6.45) is 2.06. The molecule has 0 aliphatic rings. The van der Waals surface area contributed by atoms with Gasteiger partial charge >= 0.3 is 0 Å². The van der Waals surface area contributed by atoms with Crippen LogP contribution in [-0.4, -0.2) is 34.1 Å². The van der Waals surface area contributed by atoms with Gasteiger partial charge < -0.3 is 15.6 Å². The van der Waals surface area contributed by atoms with Gasteiger partial charge in [-0.2, -0.15) is 0 Å². The van der Waals surface area contributed by atoms with E-state index in [0.29, 0.717) is 24.4 Å². The fraction of sp³-hybridized carbons (Fsp3) is 0.222. The van der Waals surface area contributed by atoms with Gasteiger partial charge in [0.1, 0.15) is 17.5 Å². The van der Waals surface area contributed by atoms with Gasteiger partial charge in [-0.25, -0.2) is 13.8 Å². The maximum absolute atomic E-state index is 13.2. The lowest BCUT2D eigenvalue weighted by atomic mass is 10.1. The molecule has 186 valence electrons. The molecule has 0 radical (unpaired) electrons. The highest BCUT2D eigenvalue weighted by molar-refractivity contribution is 8.00. The van der Waals surface area contributed by atoms with Crippen molar-refractivity contribution in [3.63, 3.8) is 0 Å². The number of nitrogens with one attached hydrogen (secondary N) is 3. The van der Waals surface area contributed by atoms with E-state index in [1.807, 2.05) is 24.3 Å². The Balaban J connectivity index is 1.29. The SMILES string of the molecule is O=C(CSc1ccc(F)cc1)NCCCC[C@@H](NC(=O)c1ccc(F)cc1)c1nc2ccccc2[nH]1. The zero-order chi connectivity index (χ0) is 25.3. The number of aromatic amines is 1. The van der Waals surface area contributed by atoms with Crippen molar-refractivity contribution in [1.82, 2.24) is 20.6 Å². The van der Waals surface area contributed by atoms with E-state index in [1.54, 1.807) is 12.1 Å². The van der Waals surface area contributed by atoms with Crippen LogP contribution in [0.25, 0.3) is 11.0 Å². The summed E-state index contributed by atoms with van der Waals surface area (Å²) in [5.41, 5.74) is 2.04. The molecule has 0 bridgehead atoms. The number of unbranched alkanes of at least 4 members (excludes halogenated alkanes) is 1. The predicted molar refractivity (Wildman–Crippen MR) is 137 cm³/mol. The third-order valence-corrected chi connectivity index (χ3v) is 6.59. The normalized spacial score (nSPS) is 11.8.